The van der Waals surface area contributed by atoms with E-state index >= 15 is 0 Å². The van der Waals surface area contributed by atoms with Gasteiger partial charge in [0.15, 0.2) is 0 Å². The van der Waals surface area contributed by atoms with Gasteiger partial charge in [0, 0.05) is 30.9 Å². The van der Waals surface area contributed by atoms with Gasteiger partial charge in [-0.2, -0.15) is 5.10 Å². The summed E-state index contributed by atoms with van der Waals surface area (Å²) in [5, 5.41) is 15.7. The van der Waals surface area contributed by atoms with Crippen molar-refractivity contribution in [2.45, 2.75) is 20.5 Å². The number of nitro benzene ring substituents is 1. The SMILES string of the molecule is Cc1cc(C)n(-c2ccc(COC(=O)c3cc([N+](=O)[O-])ccc3N3CCOCC3)cc2)n1. The van der Waals surface area contributed by atoms with Crippen LogP contribution in [0.5, 0.6) is 0 Å². The normalized spacial score (nSPS) is 13.8. The van der Waals surface area contributed by atoms with Gasteiger partial charge in [0.1, 0.15) is 6.61 Å². The zero-order valence-corrected chi connectivity index (χ0v) is 18.0. The molecule has 1 saturated heterocycles. The van der Waals surface area contributed by atoms with Crippen LogP contribution >= 0.6 is 0 Å². The van der Waals surface area contributed by atoms with E-state index in [4.69, 9.17) is 9.47 Å². The van der Waals surface area contributed by atoms with Gasteiger partial charge in [0.05, 0.1) is 40.8 Å². The van der Waals surface area contributed by atoms with E-state index in [9.17, 15) is 14.9 Å². The van der Waals surface area contributed by atoms with Crippen LogP contribution in [0.4, 0.5) is 11.4 Å². The minimum atomic E-state index is -0.599. The first kappa shape index (κ1) is 21.5. The van der Waals surface area contributed by atoms with Crippen molar-refractivity contribution in [1.29, 1.82) is 0 Å². The third kappa shape index (κ3) is 4.62. The zero-order valence-electron chi connectivity index (χ0n) is 18.0. The summed E-state index contributed by atoms with van der Waals surface area (Å²) in [6, 6.07) is 13.8. The van der Waals surface area contributed by atoms with Gasteiger partial charge in [0.2, 0.25) is 0 Å². The molecular weight excluding hydrogens is 412 g/mol. The molecule has 1 fully saturated rings. The average molecular weight is 436 g/mol. The van der Waals surface area contributed by atoms with Crippen LogP contribution in [0.25, 0.3) is 5.69 Å². The third-order valence-corrected chi connectivity index (χ3v) is 5.32. The molecule has 0 unspecified atom stereocenters. The largest absolute Gasteiger partial charge is 0.457 e. The van der Waals surface area contributed by atoms with Crippen molar-refractivity contribution in [3.63, 3.8) is 0 Å². The Morgan fingerprint density at radius 2 is 1.84 bits per heavy atom. The molecule has 0 aliphatic carbocycles. The molecule has 9 heteroatoms. The number of hydrogen-bond donors (Lipinski definition) is 0. The molecule has 9 nitrogen and oxygen atoms in total. The van der Waals surface area contributed by atoms with Crippen molar-refractivity contribution in [3.05, 3.63) is 81.2 Å². The fraction of sp³-hybridized carbons (Fsp3) is 0.304. The Kier molecular flexibility index (Phi) is 6.18. The Balaban J connectivity index is 1.50. The van der Waals surface area contributed by atoms with Crippen molar-refractivity contribution >= 4 is 17.3 Å². The number of rotatable bonds is 6. The van der Waals surface area contributed by atoms with Gasteiger partial charge in [-0.15, -0.1) is 0 Å². The number of nitrogens with zero attached hydrogens (tertiary/aromatic N) is 4. The highest BCUT2D eigenvalue weighted by Crippen LogP contribution is 2.27. The van der Waals surface area contributed by atoms with Gasteiger partial charge in [-0.1, -0.05) is 12.1 Å². The van der Waals surface area contributed by atoms with Crippen LogP contribution in [0.3, 0.4) is 0 Å². The lowest BCUT2D eigenvalue weighted by Gasteiger charge is -2.30. The molecule has 4 rings (SSSR count). The number of esters is 1. The van der Waals surface area contributed by atoms with E-state index in [2.05, 4.69) is 5.10 Å². The number of ether oxygens (including phenoxy) is 2. The summed E-state index contributed by atoms with van der Waals surface area (Å²) >= 11 is 0. The fourth-order valence-electron chi connectivity index (χ4n) is 3.73. The highest BCUT2D eigenvalue weighted by atomic mass is 16.6. The van der Waals surface area contributed by atoms with Crippen molar-refractivity contribution in [2.24, 2.45) is 0 Å². The van der Waals surface area contributed by atoms with Gasteiger partial charge in [0.25, 0.3) is 5.69 Å². The molecule has 0 N–H and O–H groups in total. The number of morpholine rings is 1. The molecule has 3 aromatic rings. The van der Waals surface area contributed by atoms with Crippen molar-refractivity contribution in [2.75, 3.05) is 31.2 Å². The number of non-ortho nitro benzene ring substituents is 1. The Labute approximate surface area is 185 Å². The number of nitro groups is 1. The molecule has 1 aliphatic rings. The Hall–Kier alpha value is -3.72. The summed E-state index contributed by atoms with van der Waals surface area (Å²) in [6.07, 6.45) is 0. The van der Waals surface area contributed by atoms with E-state index in [0.29, 0.717) is 32.0 Å². The standard InChI is InChI=1S/C23H24N4O5/c1-16-13-17(2)26(24-16)19-5-3-18(4-6-19)15-32-23(28)21-14-20(27(29)30)7-8-22(21)25-9-11-31-12-10-25/h3-8,13-14H,9-12,15H2,1-2H3. The number of carbonyl (C=O) groups excluding carboxylic acids is 1. The number of aryl methyl sites for hydroxylation is 2. The molecule has 0 spiro atoms. The highest BCUT2D eigenvalue weighted by molar-refractivity contribution is 5.96. The molecule has 0 bridgehead atoms. The quantitative estimate of drug-likeness (QED) is 0.331. The van der Waals surface area contributed by atoms with E-state index in [1.807, 2.05) is 53.8 Å². The Bertz CT molecular complexity index is 1130. The average Bonchev–Trinajstić information content (AvgIpc) is 3.15. The lowest BCUT2D eigenvalue weighted by atomic mass is 10.1. The summed E-state index contributed by atoms with van der Waals surface area (Å²) in [5.41, 5.74) is 4.34. The molecule has 1 aliphatic heterocycles. The van der Waals surface area contributed by atoms with Crippen LogP contribution in [0, 0.1) is 24.0 Å². The van der Waals surface area contributed by atoms with E-state index in [1.165, 1.54) is 12.1 Å². The Morgan fingerprint density at radius 3 is 2.47 bits per heavy atom. The third-order valence-electron chi connectivity index (χ3n) is 5.32. The van der Waals surface area contributed by atoms with Gasteiger partial charge in [-0.05, 0) is 43.7 Å². The minimum absolute atomic E-state index is 0.0570. The summed E-state index contributed by atoms with van der Waals surface area (Å²) in [6.45, 7) is 6.26. The lowest BCUT2D eigenvalue weighted by Crippen LogP contribution is -2.37. The highest BCUT2D eigenvalue weighted by Gasteiger charge is 2.23. The monoisotopic (exact) mass is 436 g/mol. The second kappa shape index (κ2) is 9.19. The smallest absolute Gasteiger partial charge is 0.340 e. The lowest BCUT2D eigenvalue weighted by molar-refractivity contribution is -0.384. The maximum Gasteiger partial charge on any atom is 0.340 e. The van der Waals surface area contributed by atoms with Crippen LogP contribution in [-0.2, 0) is 16.1 Å². The van der Waals surface area contributed by atoms with Crippen LogP contribution < -0.4 is 4.90 Å². The van der Waals surface area contributed by atoms with Crippen molar-refractivity contribution in [3.8, 4) is 5.69 Å². The predicted molar refractivity (Wildman–Crippen MR) is 118 cm³/mol. The van der Waals surface area contributed by atoms with E-state index < -0.39 is 10.9 Å². The first-order valence-corrected chi connectivity index (χ1v) is 10.3. The number of aromatic nitrogens is 2. The topological polar surface area (TPSA) is 99.7 Å². The molecule has 0 atom stereocenters. The molecule has 0 saturated carbocycles. The molecular formula is C23H24N4O5. The summed E-state index contributed by atoms with van der Waals surface area (Å²) < 4.78 is 12.7. The fourth-order valence-corrected chi connectivity index (χ4v) is 3.73. The van der Waals surface area contributed by atoms with Crippen LogP contribution in [0.2, 0.25) is 0 Å². The number of benzene rings is 2. The van der Waals surface area contributed by atoms with Gasteiger partial charge < -0.3 is 14.4 Å². The first-order valence-electron chi connectivity index (χ1n) is 10.3. The Morgan fingerprint density at radius 1 is 1.12 bits per heavy atom. The molecule has 166 valence electrons. The van der Waals surface area contributed by atoms with E-state index in [-0.39, 0.29) is 17.9 Å². The molecule has 2 heterocycles. The van der Waals surface area contributed by atoms with Crippen LogP contribution in [0.1, 0.15) is 27.3 Å². The molecule has 32 heavy (non-hydrogen) atoms. The summed E-state index contributed by atoms with van der Waals surface area (Å²) in [5.74, 6) is -0.599. The van der Waals surface area contributed by atoms with Crippen molar-refractivity contribution in [1.82, 2.24) is 9.78 Å². The molecule has 1 aromatic heterocycles. The molecule has 2 aromatic carbocycles. The summed E-state index contributed by atoms with van der Waals surface area (Å²) in [7, 11) is 0. The zero-order chi connectivity index (χ0) is 22.7. The second-order valence-electron chi connectivity index (χ2n) is 7.64. The van der Waals surface area contributed by atoms with Gasteiger partial charge in [-0.25, -0.2) is 9.48 Å². The van der Waals surface area contributed by atoms with Crippen LogP contribution in [0.15, 0.2) is 48.5 Å². The molecule has 0 radical (unpaired) electrons. The van der Waals surface area contributed by atoms with Crippen LogP contribution in [-0.4, -0.2) is 47.0 Å². The second-order valence-corrected chi connectivity index (χ2v) is 7.64. The maximum absolute atomic E-state index is 12.9. The first-order chi connectivity index (χ1) is 15.4. The maximum atomic E-state index is 12.9. The van der Waals surface area contributed by atoms with E-state index in [1.54, 1.807) is 6.07 Å². The van der Waals surface area contributed by atoms with Gasteiger partial charge >= 0.3 is 5.97 Å². The van der Waals surface area contributed by atoms with E-state index in [0.717, 1.165) is 22.6 Å². The number of anilines is 1. The predicted octanol–water partition coefficient (Wildman–Crippen LogP) is 3.59. The minimum Gasteiger partial charge on any atom is -0.457 e. The number of hydrogen-bond acceptors (Lipinski definition) is 7. The van der Waals surface area contributed by atoms with Gasteiger partial charge in [-0.3, -0.25) is 10.1 Å². The van der Waals surface area contributed by atoms with Crippen molar-refractivity contribution < 1.29 is 19.2 Å². The number of carbonyl (C=O) groups is 1. The summed E-state index contributed by atoms with van der Waals surface area (Å²) in [4.78, 5) is 25.6. The molecule has 0 amide bonds.